The Labute approximate surface area is 207 Å². The lowest BCUT2D eigenvalue weighted by atomic mass is 10.1. The number of ether oxygens (including phenoxy) is 3. The molecule has 0 radical (unpaired) electrons. The predicted octanol–water partition coefficient (Wildman–Crippen LogP) is 3.29. The Balaban J connectivity index is 2.32. The highest BCUT2D eigenvalue weighted by Crippen LogP contribution is 2.33. The summed E-state index contributed by atoms with van der Waals surface area (Å²) in [6.07, 6.45) is -1.85. The second-order valence-corrected chi connectivity index (χ2v) is 10.2. The molecule has 1 atom stereocenters. The number of benzene rings is 2. The minimum Gasteiger partial charge on any atom is -0.493 e. The molecule has 0 fully saturated rings. The van der Waals surface area contributed by atoms with E-state index in [-0.39, 0.29) is 23.2 Å². The molecule has 0 bridgehead atoms. The number of methoxy groups -OCH3 is 1. The Morgan fingerprint density at radius 3 is 2.33 bits per heavy atom. The monoisotopic (exact) mass is 526 g/mol. The summed E-state index contributed by atoms with van der Waals surface area (Å²) >= 11 is 0. The van der Waals surface area contributed by atoms with Gasteiger partial charge in [0.1, 0.15) is 9.84 Å². The van der Waals surface area contributed by atoms with Crippen LogP contribution in [0.15, 0.2) is 41.2 Å². The minimum atomic E-state index is -3.65. The van der Waals surface area contributed by atoms with Crippen molar-refractivity contribution < 1.29 is 36.2 Å². The highest BCUT2D eigenvalue weighted by molar-refractivity contribution is 7.90. The maximum Gasteiger partial charge on any atom is 0.338 e. The molecule has 3 rings (SSSR count). The number of hydrogen-bond acceptors (Lipinski definition) is 7. The van der Waals surface area contributed by atoms with Crippen molar-refractivity contribution in [3.05, 3.63) is 58.0 Å². The maximum atomic E-state index is 13.5. The van der Waals surface area contributed by atoms with Gasteiger partial charge in [-0.2, -0.15) is 0 Å². The van der Waals surface area contributed by atoms with Gasteiger partial charge in [-0.15, -0.1) is 0 Å². The summed E-state index contributed by atoms with van der Waals surface area (Å²) in [5.74, 6) is -0.416. The molecule has 0 aliphatic rings. The van der Waals surface area contributed by atoms with Crippen LogP contribution in [0, 0.1) is 0 Å². The zero-order chi connectivity index (χ0) is 26.6. The van der Waals surface area contributed by atoms with E-state index < -0.39 is 46.3 Å². The van der Waals surface area contributed by atoms with E-state index in [0.717, 1.165) is 15.4 Å². The smallest absolute Gasteiger partial charge is 0.338 e. The lowest BCUT2D eigenvalue weighted by Gasteiger charge is -2.20. The van der Waals surface area contributed by atoms with Crippen LogP contribution in [0.25, 0.3) is 11.0 Å². The fourth-order valence-corrected chi connectivity index (χ4v) is 4.93. The van der Waals surface area contributed by atoms with Crippen molar-refractivity contribution in [2.45, 2.75) is 32.9 Å². The van der Waals surface area contributed by atoms with Crippen LogP contribution in [0.1, 0.15) is 35.8 Å². The molecule has 0 spiro atoms. The van der Waals surface area contributed by atoms with Crippen LogP contribution in [0.2, 0.25) is 0 Å². The van der Waals surface area contributed by atoms with Crippen LogP contribution in [0.4, 0.5) is 8.78 Å². The topological polar surface area (TPSA) is 106 Å². The predicted molar refractivity (Wildman–Crippen MR) is 130 cm³/mol. The number of aromatic nitrogens is 2. The van der Waals surface area contributed by atoms with Crippen LogP contribution < -0.4 is 15.2 Å². The molecule has 0 aliphatic carbocycles. The number of sulfone groups is 1. The van der Waals surface area contributed by atoms with Crippen molar-refractivity contribution in [3.63, 3.8) is 0 Å². The number of hydrogen-bond donors (Lipinski definition) is 0. The molecule has 0 saturated carbocycles. The average Bonchev–Trinajstić information content (AvgIpc) is 3.07. The first-order valence-electron chi connectivity index (χ1n) is 11.2. The molecule has 1 heterocycles. The lowest BCUT2D eigenvalue weighted by Crippen LogP contribution is -2.32. The number of alkyl halides is 2. The van der Waals surface area contributed by atoms with E-state index in [4.69, 9.17) is 14.2 Å². The van der Waals surface area contributed by atoms with Crippen LogP contribution in [-0.4, -0.2) is 62.3 Å². The van der Waals surface area contributed by atoms with Gasteiger partial charge in [-0.1, -0.05) is 6.07 Å². The van der Waals surface area contributed by atoms with Crippen LogP contribution >= 0.6 is 0 Å². The molecule has 36 heavy (non-hydrogen) atoms. The average molecular weight is 527 g/mol. The molecule has 0 saturated heterocycles. The van der Waals surface area contributed by atoms with Gasteiger partial charge < -0.3 is 14.2 Å². The quantitative estimate of drug-likeness (QED) is 0.353. The number of halogens is 2. The van der Waals surface area contributed by atoms with Crippen molar-refractivity contribution in [2.24, 2.45) is 0 Å². The van der Waals surface area contributed by atoms with Gasteiger partial charge in [-0.25, -0.2) is 26.8 Å². The number of rotatable bonds is 11. The van der Waals surface area contributed by atoms with Gasteiger partial charge >= 0.3 is 11.7 Å². The van der Waals surface area contributed by atoms with Crippen molar-refractivity contribution in [1.82, 2.24) is 9.13 Å². The third-order valence-electron chi connectivity index (χ3n) is 5.44. The molecule has 3 aromatic rings. The second-order valence-electron chi connectivity index (χ2n) is 8.03. The lowest BCUT2D eigenvalue weighted by molar-refractivity contribution is 0.0526. The van der Waals surface area contributed by atoms with E-state index in [1.54, 1.807) is 32.0 Å². The van der Waals surface area contributed by atoms with E-state index >= 15 is 0 Å². The third-order valence-corrected chi connectivity index (χ3v) is 6.36. The number of nitrogens with zero attached hydrogens (tertiary/aromatic N) is 2. The SMILES string of the molecule is CCOC(=O)c1ccc2c(c1)n(CC(F)F)c(=O)n2C(CS(C)(=O)=O)c1ccc(OC)c(OCC)c1. The molecule has 196 valence electrons. The molecule has 1 aromatic heterocycles. The first kappa shape index (κ1) is 27.2. The van der Waals surface area contributed by atoms with Gasteiger partial charge in [-0.05, 0) is 49.7 Å². The molecular formula is C24H28F2N2O7S. The third kappa shape index (κ3) is 5.86. The Bertz CT molecular complexity index is 1410. The summed E-state index contributed by atoms with van der Waals surface area (Å²) in [7, 11) is -2.20. The fourth-order valence-electron chi connectivity index (χ4n) is 4.01. The number of fused-ring (bicyclic) bond motifs is 1. The van der Waals surface area contributed by atoms with Crippen LogP contribution in [0.5, 0.6) is 11.5 Å². The summed E-state index contributed by atoms with van der Waals surface area (Å²) in [6.45, 7) is 2.87. The number of imidazole rings is 1. The molecule has 1 unspecified atom stereocenters. The largest absolute Gasteiger partial charge is 0.493 e. The highest BCUT2D eigenvalue weighted by atomic mass is 32.2. The van der Waals surface area contributed by atoms with Gasteiger partial charge in [0.25, 0.3) is 6.43 Å². The summed E-state index contributed by atoms with van der Waals surface area (Å²) < 4.78 is 69.6. The Kier molecular flexibility index (Phi) is 8.39. The second kappa shape index (κ2) is 11.1. The van der Waals surface area contributed by atoms with E-state index in [2.05, 4.69) is 0 Å². The highest BCUT2D eigenvalue weighted by Gasteiger charge is 2.28. The van der Waals surface area contributed by atoms with Crippen molar-refractivity contribution >= 4 is 26.8 Å². The van der Waals surface area contributed by atoms with Crippen molar-refractivity contribution in [2.75, 3.05) is 32.3 Å². The first-order chi connectivity index (χ1) is 17.0. The minimum absolute atomic E-state index is 0.0582. The normalized spacial score (nSPS) is 12.6. The summed E-state index contributed by atoms with van der Waals surface area (Å²) in [5, 5.41) is 0. The number of esters is 1. The van der Waals surface area contributed by atoms with Crippen LogP contribution in [0.3, 0.4) is 0 Å². The Morgan fingerprint density at radius 2 is 1.75 bits per heavy atom. The molecule has 9 nitrogen and oxygen atoms in total. The van der Waals surface area contributed by atoms with Gasteiger partial charge in [0.2, 0.25) is 0 Å². The first-order valence-corrected chi connectivity index (χ1v) is 13.2. The fraction of sp³-hybridized carbons (Fsp3) is 0.417. The van der Waals surface area contributed by atoms with Crippen LogP contribution in [-0.2, 0) is 21.1 Å². The zero-order valence-electron chi connectivity index (χ0n) is 20.4. The number of carbonyl (C=O) groups excluding carboxylic acids is 1. The van der Waals surface area contributed by atoms with E-state index in [0.29, 0.717) is 23.7 Å². The van der Waals surface area contributed by atoms with Gasteiger partial charge in [0, 0.05) is 6.26 Å². The summed E-state index contributed by atoms with van der Waals surface area (Å²) in [4.78, 5) is 25.7. The summed E-state index contributed by atoms with van der Waals surface area (Å²) in [6, 6.07) is 7.78. The van der Waals surface area contributed by atoms with Gasteiger partial charge in [0.15, 0.2) is 11.5 Å². The molecule has 2 aromatic carbocycles. The van der Waals surface area contributed by atoms with Gasteiger partial charge in [0.05, 0.1) is 55.3 Å². The number of carbonyl (C=O) groups is 1. The molecule has 0 amide bonds. The Hall–Kier alpha value is -3.41. The molecule has 0 N–H and O–H groups in total. The van der Waals surface area contributed by atoms with E-state index in [9.17, 15) is 26.8 Å². The molecular weight excluding hydrogens is 498 g/mol. The Morgan fingerprint density at radius 1 is 1.03 bits per heavy atom. The summed E-state index contributed by atoms with van der Waals surface area (Å²) in [5.41, 5.74) is -0.114. The maximum absolute atomic E-state index is 13.5. The standard InChI is InChI=1S/C24H28F2N2O7S/c1-5-34-21-12-15(8-10-20(21)33-3)19(14-36(4,31)32)28-17-9-7-16(23(29)35-6-2)11-18(17)27(24(28)30)13-22(25)26/h7-12,19,22H,5-6,13-14H2,1-4H3. The van der Waals surface area contributed by atoms with E-state index in [1.165, 1.54) is 25.3 Å². The van der Waals surface area contributed by atoms with Crippen molar-refractivity contribution in [3.8, 4) is 11.5 Å². The zero-order valence-corrected chi connectivity index (χ0v) is 21.2. The van der Waals surface area contributed by atoms with Gasteiger partial charge in [-0.3, -0.25) is 9.13 Å². The van der Waals surface area contributed by atoms with E-state index in [1.807, 2.05) is 0 Å². The molecule has 0 aliphatic heterocycles. The molecule has 12 heteroatoms. The van der Waals surface area contributed by atoms with Crippen molar-refractivity contribution in [1.29, 1.82) is 0 Å².